The number of hydrogen-bond donors (Lipinski definition) is 2. The molecule has 0 saturated heterocycles. The SMILES string of the molecule is CC(C)[C@@H](Sc1nnc(-c2cccnc2)o1)C(=O)NC(N)=O. The van der Waals surface area contributed by atoms with Gasteiger partial charge in [-0.3, -0.25) is 15.1 Å². The van der Waals surface area contributed by atoms with E-state index in [2.05, 4.69) is 20.5 Å². The second kappa shape index (κ2) is 7.03. The third-order valence-electron chi connectivity index (χ3n) is 2.65. The number of aromatic nitrogens is 3. The van der Waals surface area contributed by atoms with E-state index in [1.165, 1.54) is 0 Å². The molecule has 0 bridgehead atoms. The van der Waals surface area contributed by atoms with E-state index in [1.807, 2.05) is 13.8 Å². The summed E-state index contributed by atoms with van der Waals surface area (Å²) in [6.07, 6.45) is 3.24. The van der Waals surface area contributed by atoms with Crippen LogP contribution in [0.4, 0.5) is 4.79 Å². The van der Waals surface area contributed by atoms with Crippen molar-refractivity contribution >= 4 is 23.7 Å². The van der Waals surface area contributed by atoms with Gasteiger partial charge in [-0.15, -0.1) is 10.2 Å². The molecule has 3 amide bonds. The molecule has 22 heavy (non-hydrogen) atoms. The second-order valence-corrected chi connectivity index (χ2v) is 5.84. The fraction of sp³-hybridized carbons (Fsp3) is 0.308. The maximum absolute atomic E-state index is 11.9. The minimum Gasteiger partial charge on any atom is -0.411 e. The largest absolute Gasteiger partial charge is 0.411 e. The van der Waals surface area contributed by atoms with Crippen LogP contribution in [0.25, 0.3) is 11.5 Å². The zero-order chi connectivity index (χ0) is 16.1. The van der Waals surface area contributed by atoms with E-state index >= 15 is 0 Å². The summed E-state index contributed by atoms with van der Waals surface area (Å²) in [5.41, 5.74) is 5.65. The first-order valence-electron chi connectivity index (χ1n) is 6.48. The number of carbonyl (C=O) groups is 2. The number of urea groups is 1. The summed E-state index contributed by atoms with van der Waals surface area (Å²) in [7, 11) is 0. The molecule has 0 radical (unpaired) electrons. The molecule has 3 N–H and O–H groups in total. The number of amides is 3. The van der Waals surface area contributed by atoms with Gasteiger partial charge in [0.25, 0.3) is 5.22 Å². The highest BCUT2D eigenvalue weighted by molar-refractivity contribution is 8.00. The van der Waals surface area contributed by atoms with Crippen LogP contribution in [0, 0.1) is 5.92 Å². The van der Waals surface area contributed by atoms with Crippen LogP contribution in [0.3, 0.4) is 0 Å². The molecule has 0 aliphatic rings. The fourth-order valence-corrected chi connectivity index (χ4v) is 2.53. The first-order valence-corrected chi connectivity index (χ1v) is 7.36. The second-order valence-electron chi connectivity index (χ2n) is 4.75. The van der Waals surface area contributed by atoms with Crippen LogP contribution in [-0.2, 0) is 4.79 Å². The van der Waals surface area contributed by atoms with Crippen LogP contribution in [0.5, 0.6) is 0 Å². The van der Waals surface area contributed by atoms with Gasteiger partial charge < -0.3 is 10.2 Å². The number of nitrogens with zero attached hydrogens (tertiary/aromatic N) is 3. The van der Waals surface area contributed by atoms with Gasteiger partial charge in [-0.2, -0.15) is 0 Å². The number of thioether (sulfide) groups is 1. The lowest BCUT2D eigenvalue weighted by Gasteiger charge is -2.16. The molecule has 2 aromatic rings. The normalized spacial score (nSPS) is 12.1. The Balaban J connectivity index is 2.13. The molecule has 2 aromatic heterocycles. The Morgan fingerprint density at radius 1 is 1.36 bits per heavy atom. The van der Waals surface area contributed by atoms with Crippen LogP contribution in [0.2, 0.25) is 0 Å². The number of nitrogens with one attached hydrogen (secondary N) is 1. The van der Waals surface area contributed by atoms with Crippen molar-refractivity contribution in [2.75, 3.05) is 0 Å². The highest BCUT2D eigenvalue weighted by Crippen LogP contribution is 2.29. The van der Waals surface area contributed by atoms with Crippen molar-refractivity contribution in [2.24, 2.45) is 11.7 Å². The van der Waals surface area contributed by atoms with Gasteiger partial charge in [-0.1, -0.05) is 25.6 Å². The van der Waals surface area contributed by atoms with E-state index in [4.69, 9.17) is 10.2 Å². The van der Waals surface area contributed by atoms with Crippen molar-refractivity contribution in [2.45, 2.75) is 24.3 Å². The molecule has 9 heteroatoms. The topological polar surface area (TPSA) is 124 Å². The monoisotopic (exact) mass is 321 g/mol. The molecule has 2 heterocycles. The van der Waals surface area contributed by atoms with Crippen molar-refractivity contribution in [3.63, 3.8) is 0 Å². The molecule has 0 aliphatic heterocycles. The van der Waals surface area contributed by atoms with Crippen LogP contribution in [0.1, 0.15) is 13.8 Å². The average Bonchev–Trinajstić information content (AvgIpc) is 2.93. The number of imide groups is 1. The minimum atomic E-state index is -0.891. The van der Waals surface area contributed by atoms with Crippen LogP contribution in [-0.4, -0.2) is 32.4 Å². The first-order chi connectivity index (χ1) is 10.5. The van der Waals surface area contributed by atoms with Crippen molar-refractivity contribution < 1.29 is 14.0 Å². The molecule has 0 spiro atoms. The van der Waals surface area contributed by atoms with E-state index < -0.39 is 17.2 Å². The van der Waals surface area contributed by atoms with Gasteiger partial charge in [0.2, 0.25) is 11.8 Å². The van der Waals surface area contributed by atoms with Gasteiger partial charge in [0.1, 0.15) is 0 Å². The van der Waals surface area contributed by atoms with Gasteiger partial charge in [0.05, 0.1) is 10.8 Å². The zero-order valence-corrected chi connectivity index (χ0v) is 12.8. The van der Waals surface area contributed by atoms with E-state index in [1.54, 1.807) is 24.5 Å². The number of carbonyl (C=O) groups excluding carboxylic acids is 2. The molecule has 0 aromatic carbocycles. The Kier molecular flexibility index (Phi) is 5.10. The van der Waals surface area contributed by atoms with Gasteiger partial charge in [0, 0.05) is 12.4 Å². The number of primary amides is 1. The maximum atomic E-state index is 11.9. The summed E-state index contributed by atoms with van der Waals surface area (Å²) in [4.78, 5) is 26.7. The van der Waals surface area contributed by atoms with Gasteiger partial charge in [0.15, 0.2) is 0 Å². The molecule has 0 aliphatic carbocycles. The summed E-state index contributed by atoms with van der Waals surface area (Å²) >= 11 is 1.08. The molecule has 1 atom stereocenters. The van der Waals surface area contributed by atoms with E-state index in [9.17, 15) is 9.59 Å². The van der Waals surface area contributed by atoms with Crippen LogP contribution in [0.15, 0.2) is 34.2 Å². The Bertz CT molecular complexity index is 659. The average molecular weight is 321 g/mol. The minimum absolute atomic E-state index is 0.0573. The Labute approximate surface area is 130 Å². The van der Waals surface area contributed by atoms with Gasteiger partial charge in [-0.05, 0) is 18.1 Å². The molecule has 116 valence electrons. The molecule has 0 unspecified atom stereocenters. The predicted molar refractivity (Wildman–Crippen MR) is 79.7 cm³/mol. The van der Waals surface area contributed by atoms with Crippen molar-refractivity contribution in [3.05, 3.63) is 24.5 Å². The molecule has 2 rings (SSSR count). The Morgan fingerprint density at radius 2 is 2.14 bits per heavy atom. The van der Waals surface area contributed by atoms with Gasteiger partial charge >= 0.3 is 6.03 Å². The Morgan fingerprint density at radius 3 is 2.73 bits per heavy atom. The number of nitrogens with two attached hydrogens (primary N) is 1. The molecular weight excluding hydrogens is 306 g/mol. The third-order valence-corrected chi connectivity index (χ3v) is 4.03. The lowest BCUT2D eigenvalue weighted by molar-refractivity contribution is -0.120. The van der Waals surface area contributed by atoms with E-state index in [0.717, 1.165) is 11.8 Å². The van der Waals surface area contributed by atoms with Crippen molar-refractivity contribution in [1.82, 2.24) is 20.5 Å². The van der Waals surface area contributed by atoms with E-state index in [-0.39, 0.29) is 11.1 Å². The summed E-state index contributed by atoms with van der Waals surface area (Å²) in [6.45, 7) is 3.69. The highest BCUT2D eigenvalue weighted by Gasteiger charge is 2.27. The summed E-state index contributed by atoms with van der Waals surface area (Å²) < 4.78 is 5.51. The quantitative estimate of drug-likeness (QED) is 0.798. The lowest BCUT2D eigenvalue weighted by Crippen LogP contribution is -2.42. The Hall–Kier alpha value is -2.42. The zero-order valence-electron chi connectivity index (χ0n) is 12.0. The van der Waals surface area contributed by atoms with Gasteiger partial charge in [-0.25, -0.2) is 4.79 Å². The standard InChI is InChI=1S/C13H15N5O3S/c1-7(2)9(10(19)16-12(14)20)22-13-18-17-11(21-13)8-4-3-5-15-6-8/h3-7,9H,1-2H3,(H3,14,16,19,20)/t9-/m1/s1. The predicted octanol–water partition coefficient (Wildman–Crippen LogP) is 1.44. The number of pyridine rings is 1. The first kappa shape index (κ1) is 16.0. The molecular formula is C13H15N5O3S. The molecule has 0 saturated carbocycles. The summed E-state index contributed by atoms with van der Waals surface area (Å²) in [5.74, 6) is -0.236. The van der Waals surface area contributed by atoms with Crippen molar-refractivity contribution in [3.8, 4) is 11.5 Å². The molecule has 0 fully saturated rings. The smallest absolute Gasteiger partial charge is 0.318 e. The number of rotatable bonds is 5. The van der Waals surface area contributed by atoms with Crippen molar-refractivity contribution in [1.29, 1.82) is 0 Å². The van der Waals surface area contributed by atoms with E-state index in [0.29, 0.717) is 11.5 Å². The summed E-state index contributed by atoms with van der Waals surface area (Å²) in [5, 5.41) is 9.54. The van der Waals surface area contributed by atoms with Crippen LogP contribution < -0.4 is 11.1 Å². The lowest BCUT2D eigenvalue weighted by atomic mass is 10.1. The third kappa shape index (κ3) is 4.04. The summed E-state index contributed by atoms with van der Waals surface area (Å²) in [6, 6.07) is 2.65. The maximum Gasteiger partial charge on any atom is 0.318 e. The van der Waals surface area contributed by atoms with Crippen LogP contribution >= 0.6 is 11.8 Å². The highest BCUT2D eigenvalue weighted by atomic mass is 32.2. The fourth-order valence-electron chi connectivity index (χ4n) is 1.66. The molecule has 8 nitrogen and oxygen atoms in total. The number of hydrogen-bond acceptors (Lipinski definition) is 7.